The molecule has 5 heterocycles. The normalized spacial score (nSPS) is 17.1. The van der Waals surface area contributed by atoms with Crippen molar-refractivity contribution in [2.75, 3.05) is 33.3 Å². The molecule has 2 saturated heterocycles. The predicted octanol–water partition coefficient (Wildman–Crippen LogP) is -2.15. The third-order valence-corrected chi connectivity index (χ3v) is 17.0. The molecule has 0 spiro atoms. The lowest BCUT2D eigenvalue weighted by molar-refractivity contribution is -0.146. The first-order chi connectivity index (χ1) is 45.9. The molecule has 31 nitrogen and oxygen atoms in total. The lowest BCUT2D eigenvalue weighted by Gasteiger charge is -2.32. The van der Waals surface area contributed by atoms with Crippen LogP contribution >= 0.6 is 0 Å². The Morgan fingerprint density at radius 1 is 0.719 bits per heavy atom. The number of carbonyl (C=O) groups excluding carboxylic acids is 11. The van der Waals surface area contributed by atoms with Gasteiger partial charge in [0, 0.05) is 93.1 Å². The Balaban J connectivity index is 1.05. The molecular weight excluding hydrogens is 1240 g/mol. The smallest absolute Gasteiger partial charge is 0.245 e. The SMILES string of the molecule is CC(C)C[C@H](NC(=O)[C@@H](Cc1c[nH]c2c1CCC=C2)NC(=O)[C@H](Cc1ccc(O)cc1)NC(=O)[C@H](CO)NC(=O)[C@H](Cc1c[nH]c2ccccc12)NC(=O)[C@H](Cc1cnc[nH]1)NC(=O)[C@@H]1CCC(=O)N1)C(=O)N[C@@H](CCCN=C(N)N)C(=O)N1CCC[C@H]1C(=O)N(C)CC(N)=O. The highest BCUT2D eigenvalue weighted by molar-refractivity contribution is 6.00. The highest BCUT2D eigenvalue weighted by atomic mass is 16.3. The van der Waals surface area contributed by atoms with Gasteiger partial charge in [-0.2, -0.15) is 0 Å². The number of aliphatic hydroxyl groups is 1. The van der Waals surface area contributed by atoms with Gasteiger partial charge in [-0.05, 0) is 104 Å². The highest BCUT2D eigenvalue weighted by Crippen LogP contribution is 2.26. The molecule has 3 aliphatic rings. The van der Waals surface area contributed by atoms with Crippen LogP contribution in [0.25, 0.3) is 17.0 Å². The predicted molar refractivity (Wildman–Crippen MR) is 351 cm³/mol. The van der Waals surface area contributed by atoms with Gasteiger partial charge < -0.3 is 94.7 Å². The number of aliphatic hydroxyl groups excluding tert-OH is 1. The molecule has 96 heavy (non-hydrogen) atoms. The number of likely N-dealkylation sites (N-methyl/N-ethyl adjacent to an activating group) is 1. The van der Waals surface area contributed by atoms with Crippen LogP contribution in [0.3, 0.4) is 0 Å². The summed E-state index contributed by atoms with van der Waals surface area (Å²) in [5.41, 5.74) is 21.0. The average Bonchev–Trinajstić information content (AvgIpc) is 1.59. The third kappa shape index (κ3) is 19.5. The van der Waals surface area contributed by atoms with Crippen LogP contribution in [0.1, 0.15) is 98.9 Å². The number of hydrogen-bond acceptors (Lipinski definition) is 15. The lowest BCUT2D eigenvalue weighted by atomic mass is 9.95. The molecule has 0 radical (unpaired) electrons. The molecule has 31 heteroatoms. The van der Waals surface area contributed by atoms with Crippen LogP contribution in [-0.2, 0) is 84.8 Å². The number of hydrogen-bond donors (Lipinski definition) is 16. The first kappa shape index (κ1) is 71.3. The zero-order chi connectivity index (χ0) is 69.2. The number of imidazole rings is 1. The molecule has 8 rings (SSSR count). The summed E-state index contributed by atoms with van der Waals surface area (Å²) >= 11 is 0. The summed E-state index contributed by atoms with van der Waals surface area (Å²) in [6.07, 6.45) is 11.8. The number of aromatic hydroxyl groups is 1. The van der Waals surface area contributed by atoms with E-state index < -0.39 is 120 Å². The number of amides is 11. The number of likely N-dealkylation sites (tertiary alicyclic amines) is 1. The number of guanidine groups is 1. The number of phenols is 1. The van der Waals surface area contributed by atoms with E-state index in [0.717, 1.165) is 16.2 Å². The maximum Gasteiger partial charge on any atom is 0.245 e. The first-order valence-corrected chi connectivity index (χ1v) is 32.0. The summed E-state index contributed by atoms with van der Waals surface area (Å²) in [7, 11) is 1.39. The Morgan fingerprint density at radius 2 is 1.33 bits per heavy atom. The lowest BCUT2D eigenvalue weighted by Crippen LogP contribution is -2.61. The number of nitrogens with one attached hydrogen (secondary N) is 11. The van der Waals surface area contributed by atoms with E-state index in [1.807, 2.05) is 32.1 Å². The Kier molecular flexibility index (Phi) is 24.9. The topological polar surface area (TPSA) is 482 Å². The van der Waals surface area contributed by atoms with E-state index >= 15 is 9.59 Å². The van der Waals surface area contributed by atoms with Gasteiger partial charge in [-0.3, -0.25) is 57.7 Å². The molecule has 0 saturated carbocycles. The van der Waals surface area contributed by atoms with E-state index in [1.54, 1.807) is 30.6 Å². The maximum atomic E-state index is 15.1. The van der Waals surface area contributed by atoms with Crippen molar-refractivity contribution < 1.29 is 63.0 Å². The quantitative estimate of drug-likeness (QED) is 0.0121. The zero-order valence-corrected chi connectivity index (χ0v) is 53.8. The molecular formula is C65H86N18O13. The number of benzene rings is 2. The Morgan fingerprint density at radius 3 is 1.97 bits per heavy atom. The van der Waals surface area contributed by atoms with Gasteiger partial charge in [0.05, 0.1) is 19.5 Å². The number of H-pyrrole nitrogens is 3. The molecule has 0 bridgehead atoms. The number of aliphatic imine (C=N–C) groups is 1. The fraction of sp³-hybridized carbons (Fsp3) is 0.462. The van der Waals surface area contributed by atoms with Gasteiger partial charge in [-0.15, -0.1) is 0 Å². The largest absolute Gasteiger partial charge is 0.508 e. The minimum atomic E-state index is -1.79. The minimum absolute atomic E-state index is 0.000223. The van der Waals surface area contributed by atoms with Crippen LogP contribution in [0.4, 0.5) is 0 Å². The number of allylic oxidation sites excluding steroid dienone is 1. The van der Waals surface area contributed by atoms with E-state index in [0.29, 0.717) is 52.5 Å². The first-order valence-electron chi connectivity index (χ1n) is 32.0. The molecule has 0 unspecified atom stereocenters. The zero-order valence-electron chi connectivity index (χ0n) is 53.8. The molecule has 2 aromatic carbocycles. The number of para-hydroxylation sites is 1. The van der Waals surface area contributed by atoms with Crippen molar-refractivity contribution in [1.82, 2.24) is 72.3 Å². The molecule has 1 aliphatic carbocycles. The number of nitrogens with two attached hydrogens (primary N) is 3. The Bertz CT molecular complexity index is 3670. The van der Waals surface area contributed by atoms with Gasteiger partial charge in [0.2, 0.25) is 65.0 Å². The second-order valence-corrected chi connectivity index (χ2v) is 24.8. The number of nitrogens with zero attached hydrogens (tertiary/aromatic N) is 4. The second kappa shape index (κ2) is 33.5. The van der Waals surface area contributed by atoms with E-state index in [2.05, 4.69) is 67.5 Å². The van der Waals surface area contributed by atoms with E-state index in [9.17, 15) is 53.4 Å². The molecule has 2 fully saturated rings. The van der Waals surface area contributed by atoms with Gasteiger partial charge in [-0.25, -0.2) is 4.98 Å². The van der Waals surface area contributed by atoms with Gasteiger partial charge >= 0.3 is 0 Å². The van der Waals surface area contributed by atoms with Crippen LogP contribution in [0.15, 0.2) is 84.5 Å². The van der Waals surface area contributed by atoms with E-state index in [1.165, 1.54) is 48.7 Å². The van der Waals surface area contributed by atoms with E-state index in [4.69, 9.17) is 17.2 Å². The molecule has 19 N–H and O–H groups in total. The monoisotopic (exact) mass is 1330 g/mol. The maximum absolute atomic E-state index is 15.1. The molecule has 2 aliphatic heterocycles. The third-order valence-electron chi connectivity index (χ3n) is 17.0. The molecule has 11 amide bonds. The number of rotatable bonds is 33. The summed E-state index contributed by atoms with van der Waals surface area (Å²) in [5.74, 6) is -8.79. The van der Waals surface area contributed by atoms with Crippen molar-refractivity contribution in [3.8, 4) is 5.75 Å². The highest BCUT2D eigenvalue weighted by Gasteiger charge is 2.41. The van der Waals surface area contributed by atoms with Crippen molar-refractivity contribution in [2.24, 2.45) is 28.1 Å². The number of phenolic OH excluding ortho intramolecular Hbond substituents is 1. The van der Waals surface area contributed by atoms with Gasteiger partial charge in [0.15, 0.2) is 5.96 Å². The molecule has 9 atom stereocenters. The van der Waals surface area contributed by atoms with Crippen LogP contribution in [-0.4, -0.2) is 199 Å². The Labute approximate surface area is 553 Å². The van der Waals surface area contributed by atoms with Crippen molar-refractivity contribution in [2.45, 2.75) is 152 Å². The van der Waals surface area contributed by atoms with Crippen LogP contribution < -0.4 is 59.7 Å². The summed E-state index contributed by atoms with van der Waals surface area (Å²) in [6.45, 7) is 2.44. The number of aromatic amines is 3. The minimum Gasteiger partial charge on any atom is -0.508 e. The van der Waals surface area contributed by atoms with Gasteiger partial charge in [0.25, 0.3) is 0 Å². The van der Waals surface area contributed by atoms with E-state index in [-0.39, 0.29) is 107 Å². The van der Waals surface area contributed by atoms with Gasteiger partial charge in [0.1, 0.15) is 60.1 Å². The number of fused-ring (bicyclic) bond motifs is 2. The fourth-order valence-corrected chi connectivity index (χ4v) is 12.1. The average molecular weight is 1330 g/mol. The van der Waals surface area contributed by atoms with Crippen molar-refractivity contribution in [3.05, 3.63) is 113 Å². The Hall–Kier alpha value is -10.6. The number of primary amides is 1. The van der Waals surface area contributed by atoms with Crippen LogP contribution in [0.5, 0.6) is 5.75 Å². The summed E-state index contributed by atoms with van der Waals surface area (Å²) in [5, 5.41) is 43.5. The van der Waals surface area contributed by atoms with Crippen molar-refractivity contribution >= 4 is 87.9 Å². The summed E-state index contributed by atoms with van der Waals surface area (Å²) < 4.78 is 0. The fourth-order valence-electron chi connectivity index (χ4n) is 12.1. The molecule has 514 valence electrons. The molecule has 3 aromatic heterocycles. The van der Waals surface area contributed by atoms with Crippen LogP contribution in [0.2, 0.25) is 0 Å². The van der Waals surface area contributed by atoms with Crippen molar-refractivity contribution in [1.29, 1.82) is 0 Å². The number of carbonyl (C=O) groups is 11. The second-order valence-electron chi connectivity index (χ2n) is 24.8. The standard InChI is InChI=1S/C65H86N18O13/c1-35(2)24-47(57(89)75-46(14-8-22-70-65(67)68)63(95)83-23-9-15-53(83)64(96)82(3)32-54(66)86)76-59(91)49(26-37-29-71-43-12-6-4-10-41(37)43)78-58(90)48(25-36-16-18-40(85)19-17-36)77-62(94)52(33-84)81-60(92)50(27-38-30-72-44-13-7-5-11-42(38)44)79-61(93)51(28-39-31-69-34-73-39)80-56(88)45-20-21-55(87)74-45/h5-7,11-13,16-19,29-31,34-35,45-53,71-72,84-85H,4,8-10,14-15,20-28,32-33H2,1-3H3,(H2,66,86)(H,69,73)(H,74,87)(H,75,89)(H,76,91)(H,77,94)(H,78,90)(H,79,93)(H,80,88)(H,81,92)(H4,67,68,70)/t45-,46-,47-,48-,49+,50-,51-,52-,53-/m0/s1. The number of aromatic nitrogens is 4. The molecule has 5 aromatic rings. The van der Waals surface area contributed by atoms with Crippen LogP contribution in [0, 0.1) is 5.92 Å². The summed E-state index contributed by atoms with van der Waals surface area (Å²) in [4.78, 5) is 174. The van der Waals surface area contributed by atoms with Gasteiger partial charge in [-0.1, -0.05) is 50.3 Å². The summed E-state index contributed by atoms with van der Waals surface area (Å²) in [6, 6.07) is 0.752. The van der Waals surface area contributed by atoms with Crippen molar-refractivity contribution in [3.63, 3.8) is 0 Å².